The number of rotatable bonds is 15. The summed E-state index contributed by atoms with van der Waals surface area (Å²) >= 11 is 2.34. The number of sulfonamides is 1. The van der Waals surface area contributed by atoms with E-state index >= 15 is 0 Å². The first-order valence-electron chi connectivity index (χ1n) is 13.8. The van der Waals surface area contributed by atoms with Crippen LogP contribution in [0.5, 0.6) is 0 Å². The molecule has 3 rings (SSSR count). The predicted octanol–water partition coefficient (Wildman–Crippen LogP) is 3.26. The van der Waals surface area contributed by atoms with Gasteiger partial charge in [0.1, 0.15) is 0 Å². The second-order valence-corrected chi connectivity index (χ2v) is 15.1. The molecule has 11 nitrogen and oxygen atoms in total. The van der Waals surface area contributed by atoms with Crippen molar-refractivity contribution in [1.29, 1.82) is 0 Å². The molecule has 0 bridgehead atoms. The minimum absolute atomic E-state index is 0.0750. The molecule has 0 atom stereocenters. The third-order valence-corrected chi connectivity index (χ3v) is 8.92. The molecule has 44 heavy (non-hydrogen) atoms. The molecule has 4 N–H and O–H groups in total. The van der Waals surface area contributed by atoms with Crippen LogP contribution in [0.1, 0.15) is 49.9 Å². The van der Waals surface area contributed by atoms with E-state index in [1.165, 1.54) is 44.4 Å². The number of hydrogen-bond acceptors (Lipinski definition) is 9. The first-order valence-corrected chi connectivity index (χ1v) is 19.8. The Labute approximate surface area is 267 Å². The zero-order chi connectivity index (χ0) is 32.0. The number of pyridine rings is 2. The van der Waals surface area contributed by atoms with Gasteiger partial charge in [0.25, 0.3) is 0 Å². The molecule has 2 aromatic heterocycles. The molecule has 0 radical (unpaired) electrons. The summed E-state index contributed by atoms with van der Waals surface area (Å²) in [6, 6.07) is 18.3. The molecule has 3 aromatic rings. The number of carbonyl (C=O) groups excluding carboxylic acids is 3. The number of anilines is 1. The van der Waals surface area contributed by atoms with E-state index in [0.717, 1.165) is 56.8 Å². The summed E-state index contributed by atoms with van der Waals surface area (Å²) in [6.45, 7) is 3.47. The van der Waals surface area contributed by atoms with E-state index in [9.17, 15) is 22.8 Å². The van der Waals surface area contributed by atoms with Gasteiger partial charge in [0.15, 0.2) is 5.11 Å². The molecule has 0 amide bonds. The fourth-order valence-corrected chi connectivity index (χ4v) is 5.05. The van der Waals surface area contributed by atoms with Crippen LogP contribution in [0.25, 0.3) is 0 Å². The quantitative estimate of drug-likeness (QED) is 0.153. The van der Waals surface area contributed by atoms with E-state index in [-0.39, 0.29) is 4.90 Å². The van der Waals surface area contributed by atoms with Crippen LogP contribution < -0.4 is 15.8 Å². The molecule has 0 fully saturated rings. The molecule has 0 aliphatic heterocycles. The average molecular weight is 811 g/mol. The average Bonchev–Trinajstić information content (AvgIpc) is 3.02. The Kier molecular flexibility index (Phi) is 17.7. The third kappa shape index (κ3) is 15.8. The standard InChI is InChI=1S/C27H36N6O2S2.3CO.Re/c28-37(34,35)26-15-13-23(14-16-26)32-27(36)31-19-7-3-1-2-4-10-20-33(21-24-11-5-8-17-29-24)22-25-12-6-9-18-30-25;3*1-2;/h5-6,8-9,11-18H,1-4,7,10,19-22H2,(H2,28,34,35)(H2,31,32,36);;;;. The summed E-state index contributed by atoms with van der Waals surface area (Å²) in [5, 5.41) is 11.9. The van der Waals surface area contributed by atoms with Crippen molar-refractivity contribution in [3.8, 4) is 0 Å². The van der Waals surface area contributed by atoms with Gasteiger partial charge in [0.2, 0.25) is 10.0 Å². The van der Waals surface area contributed by atoms with Crippen LogP contribution in [0.15, 0.2) is 78.0 Å². The number of primary sulfonamides is 1. The Hall–Kier alpha value is -3.52. The first kappa shape index (κ1) is 36.7. The second kappa shape index (κ2) is 21.2. The Balaban J connectivity index is 0.000000860. The van der Waals surface area contributed by atoms with E-state index < -0.39 is 25.4 Å². The molecule has 0 saturated carbocycles. The van der Waals surface area contributed by atoms with Crippen LogP contribution in [-0.2, 0) is 52.9 Å². The van der Waals surface area contributed by atoms with E-state index in [2.05, 4.69) is 37.6 Å². The van der Waals surface area contributed by atoms with Crippen molar-refractivity contribution < 1.29 is 38.2 Å². The number of nitrogens with one attached hydrogen (secondary N) is 2. The number of benzene rings is 1. The van der Waals surface area contributed by atoms with Crippen molar-refractivity contribution >= 4 is 46.1 Å². The van der Waals surface area contributed by atoms with Crippen LogP contribution in [0.2, 0.25) is 0 Å². The van der Waals surface area contributed by atoms with Gasteiger partial charge in [-0.15, -0.1) is 0 Å². The third-order valence-electron chi connectivity index (χ3n) is 6.08. The molecular formula is C30H36N6O5ReS2. The Morgan fingerprint density at radius 3 is 1.77 bits per heavy atom. The van der Waals surface area contributed by atoms with Crippen molar-refractivity contribution in [2.24, 2.45) is 5.14 Å². The van der Waals surface area contributed by atoms with E-state index in [4.69, 9.17) is 17.4 Å². The number of unbranched alkanes of at least 4 members (excludes halogenated alkanes) is 5. The number of hydrogen-bond donors (Lipinski definition) is 3. The van der Waals surface area contributed by atoms with Crippen LogP contribution >= 0.6 is 12.2 Å². The molecular weight excluding hydrogens is 775 g/mol. The number of nitrogens with two attached hydrogens (primary N) is 1. The van der Waals surface area contributed by atoms with Gasteiger partial charge in [-0.2, -0.15) is 0 Å². The van der Waals surface area contributed by atoms with Crippen LogP contribution in [-0.4, -0.2) is 54.5 Å². The summed E-state index contributed by atoms with van der Waals surface area (Å²) in [6.07, 6.45) is 10.6. The van der Waals surface area contributed by atoms with Crippen LogP contribution in [0.3, 0.4) is 0 Å². The van der Waals surface area contributed by atoms with Gasteiger partial charge >= 0.3 is 42.8 Å². The Morgan fingerprint density at radius 1 is 0.795 bits per heavy atom. The van der Waals surface area contributed by atoms with Gasteiger partial charge in [-0.1, -0.05) is 37.8 Å². The Morgan fingerprint density at radius 2 is 1.32 bits per heavy atom. The molecule has 0 spiro atoms. The molecule has 2 heterocycles. The fourth-order valence-electron chi connectivity index (χ4n) is 3.98. The van der Waals surface area contributed by atoms with Gasteiger partial charge in [-0.25, -0.2) is 13.6 Å². The van der Waals surface area contributed by atoms with Crippen molar-refractivity contribution in [3.05, 3.63) is 84.4 Å². The van der Waals surface area contributed by atoms with Gasteiger partial charge in [-0.05, 0) is 80.1 Å². The molecule has 235 valence electrons. The van der Waals surface area contributed by atoms with Gasteiger partial charge in [0.05, 0.1) is 16.3 Å². The van der Waals surface area contributed by atoms with E-state index in [1.807, 2.05) is 36.7 Å². The summed E-state index contributed by atoms with van der Waals surface area (Å²) in [5.74, 6) is 0. The zero-order valence-corrected chi connectivity index (χ0v) is 28.5. The monoisotopic (exact) mass is 811 g/mol. The van der Waals surface area contributed by atoms with Gasteiger partial charge in [0, 0.05) is 37.7 Å². The second-order valence-electron chi connectivity index (χ2n) is 9.44. The van der Waals surface area contributed by atoms with Gasteiger partial charge < -0.3 is 10.6 Å². The molecule has 0 unspecified atom stereocenters. The summed E-state index contributed by atoms with van der Waals surface area (Å²) in [5.41, 5.74) is 2.88. The SMILES string of the molecule is NS(=O)(=O)c1ccc(NC(=S)NCCCCCCCCN(Cc2ccccn2)Cc2ccccn2)cc1.O=[C]=[Re](=[C]=O)=[C]=O. The van der Waals surface area contributed by atoms with Crippen molar-refractivity contribution in [2.75, 3.05) is 18.4 Å². The number of nitrogens with zero attached hydrogens (tertiary/aromatic N) is 3. The molecule has 1 aromatic carbocycles. The van der Waals surface area contributed by atoms with Crippen molar-refractivity contribution in [2.45, 2.75) is 56.5 Å². The van der Waals surface area contributed by atoms with Gasteiger partial charge in [-0.3, -0.25) is 14.9 Å². The fraction of sp³-hybridized carbons (Fsp3) is 0.333. The molecule has 0 aliphatic rings. The topological polar surface area (TPSA) is 164 Å². The zero-order valence-electron chi connectivity index (χ0n) is 24.2. The maximum atomic E-state index is 11.3. The summed E-state index contributed by atoms with van der Waals surface area (Å²) < 4.78 is 26.5. The number of aromatic nitrogens is 2. The van der Waals surface area contributed by atoms with Crippen LogP contribution in [0, 0.1) is 0 Å². The molecule has 0 saturated heterocycles. The maximum absolute atomic E-state index is 11.3. The molecule has 14 heteroatoms. The normalized spacial score (nSPS) is 10.4. The van der Waals surface area contributed by atoms with Crippen molar-refractivity contribution in [3.63, 3.8) is 0 Å². The Bertz CT molecular complexity index is 1550. The summed E-state index contributed by atoms with van der Waals surface area (Å²) in [7, 11) is -3.69. The first-order chi connectivity index (χ1) is 21.2. The minimum atomic E-state index is -3.69. The van der Waals surface area contributed by atoms with Crippen LogP contribution in [0.4, 0.5) is 5.69 Å². The summed E-state index contributed by atoms with van der Waals surface area (Å²) in [4.78, 5) is 39.7. The molecule has 0 aliphatic carbocycles. The predicted molar refractivity (Wildman–Crippen MR) is 169 cm³/mol. The number of thiocarbonyl (C=S) groups is 1. The van der Waals surface area contributed by atoms with E-state index in [1.54, 1.807) is 12.1 Å². The van der Waals surface area contributed by atoms with E-state index in [0.29, 0.717) is 10.8 Å². The van der Waals surface area contributed by atoms with Crippen molar-refractivity contribution in [1.82, 2.24) is 20.2 Å².